The van der Waals surface area contributed by atoms with E-state index >= 15 is 0 Å². The maximum atomic E-state index is 12.5. The van der Waals surface area contributed by atoms with Crippen LogP contribution >= 0.6 is 0 Å². The Morgan fingerprint density at radius 3 is 2.50 bits per heavy atom. The summed E-state index contributed by atoms with van der Waals surface area (Å²) in [6.07, 6.45) is 0. The summed E-state index contributed by atoms with van der Waals surface area (Å²) in [6, 6.07) is 13.2. The predicted molar refractivity (Wildman–Crippen MR) is 105 cm³/mol. The zero-order chi connectivity index (χ0) is 20.5. The number of aromatic nitrogens is 1. The lowest BCUT2D eigenvalue weighted by atomic mass is 10.1. The number of nitrogens with zero attached hydrogens (tertiary/aromatic N) is 2. The van der Waals surface area contributed by atoms with Crippen LogP contribution < -0.4 is 9.46 Å². The summed E-state index contributed by atoms with van der Waals surface area (Å²) in [7, 11) is -1.67. The summed E-state index contributed by atoms with van der Waals surface area (Å²) in [5, 5.41) is 10.2. The molecular formula is C19H19F2N3O3S. The van der Waals surface area contributed by atoms with E-state index in [1.54, 1.807) is 41.9 Å². The molecule has 0 spiro atoms. The van der Waals surface area contributed by atoms with Gasteiger partial charge < -0.3 is 9.30 Å². The highest BCUT2D eigenvalue weighted by Crippen LogP contribution is 2.35. The Bertz CT molecular complexity index is 1170. The third-order valence-electron chi connectivity index (χ3n) is 4.32. The number of benzene rings is 2. The van der Waals surface area contributed by atoms with Gasteiger partial charge in [-0.05, 0) is 36.8 Å². The molecule has 148 valence electrons. The Morgan fingerprint density at radius 2 is 1.93 bits per heavy atom. The average molecular weight is 407 g/mol. The molecule has 0 radical (unpaired) electrons. The number of ether oxygens (including phenoxy) is 1. The van der Waals surface area contributed by atoms with Gasteiger partial charge >= 0.3 is 6.61 Å². The number of anilines is 1. The first-order valence-corrected chi connectivity index (χ1v) is 9.99. The van der Waals surface area contributed by atoms with E-state index in [-0.39, 0.29) is 12.9 Å². The first kappa shape index (κ1) is 19.6. The van der Waals surface area contributed by atoms with Gasteiger partial charge in [-0.3, -0.25) is 4.72 Å². The fourth-order valence-corrected chi connectivity index (χ4v) is 3.63. The van der Waals surface area contributed by atoms with Crippen molar-refractivity contribution in [3.63, 3.8) is 0 Å². The summed E-state index contributed by atoms with van der Waals surface area (Å²) in [4.78, 5) is 0. The van der Waals surface area contributed by atoms with E-state index < -0.39 is 16.6 Å². The van der Waals surface area contributed by atoms with Crippen molar-refractivity contribution in [1.82, 2.24) is 4.57 Å². The van der Waals surface area contributed by atoms with E-state index in [9.17, 15) is 22.5 Å². The van der Waals surface area contributed by atoms with Gasteiger partial charge in [0.2, 0.25) is 10.0 Å². The molecule has 2 aromatic carbocycles. The molecule has 0 amide bonds. The fourth-order valence-electron chi connectivity index (χ4n) is 2.99. The highest BCUT2D eigenvalue weighted by molar-refractivity contribution is 7.92. The fraction of sp³-hybridized carbons (Fsp3) is 0.211. The number of nitriles is 1. The molecular weight excluding hydrogens is 388 g/mol. The molecule has 3 rings (SSSR count). The van der Waals surface area contributed by atoms with Crippen molar-refractivity contribution < 1.29 is 23.4 Å². The molecule has 1 heterocycles. The molecule has 9 heteroatoms. The standard InChI is InChI=1S/C19H17F2N3O3S.H2/c1-3-28(25,26)23-13-6-4-12(5-7-13)18-16(11-22)15-9-8-14(27-19(20)21)10-17(15)24(18)2;/h4-10,19,23H,3H2,1-2H3;1H. The molecule has 0 unspecified atom stereocenters. The van der Waals surface area contributed by atoms with Crippen LogP contribution in [-0.4, -0.2) is 25.3 Å². The van der Waals surface area contributed by atoms with Gasteiger partial charge in [-0.1, -0.05) is 12.1 Å². The second-order valence-electron chi connectivity index (χ2n) is 6.03. The lowest BCUT2D eigenvalue weighted by molar-refractivity contribution is -0.0497. The van der Waals surface area contributed by atoms with Crippen LogP contribution in [-0.2, 0) is 17.1 Å². The first-order valence-electron chi connectivity index (χ1n) is 8.34. The lowest BCUT2D eigenvalue weighted by Gasteiger charge is -2.09. The van der Waals surface area contributed by atoms with Gasteiger partial charge in [0, 0.05) is 25.6 Å². The van der Waals surface area contributed by atoms with Crippen LogP contribution in [0.25, 0.3) is 22.2 Å². The number of nitrogens with one attached hydrogen (secondary N) is 1. The monoisotopic (exact) mass is 407 g/mol. The van der Waals surface area contributed by atoms with Crippen LogP contribution in [0.1, 0.15) is 13.9 Å². The van der Waals surface area contributed by atoms with Crippen LogP contribution in [0.15, 0.2) is 42.5 Å². The lowest BCUT2D eigenvalue weighted by Crippen LogP contribution is -2.14. The topological polar surface area (TPSA) is 84.1 Å². The van der Waals surface area contributed by atoms with Crippen LogP contribution in [0.2, 0.25) is 0 Å². The Labute approximate surface area is 162 Å². The van der Waals surface area contributed by atoms with Crippen molar-refractivity contribution in [2.24, 2.45) is 7.05 Å². The minimum Gasteiger partial charge on any atom is -0.435 e. The Balaban J connectivity index is 0.00000300. The van der Waals surface area contributed by atoms with Crippen LogP contribution in [0.3, 0.4) is 0 Å². The van der Waals surface area contributed by atoms with Gasteiger partial charge in [0.1, 0.15) is 11.8 Å². The maximum Gasteiger partial charge on any atom is 0.387 e. The number of hydrogen-bond acceptors (Lipinski definition) is 4. The molecule has 1 aromatic heterocycles. The van der Waals surface area contributed by atoms with Gasteiger partial charge in [0.25, 0.3) is 0 Å². The zero-order valence-corrected chi connectivity index (χ0v) is 15.9. The maximum absolute atomic E-state index is 12.5. The molecule has 6 nitrogen and oxygen atoms in total. The molecule has 28 heavy (non-hydrogen) atoms. The highest BCUT2D eigenvalue weighted by Gasteiger charge is 2.18. The van der Waals surface area contributed by atoms with E-state index in [1.165, 1.54) is 19.1 Å². The summed E-state index contributed by atoms with van der Waals surface area (Å²) in [5.41, 5.74) is 2.65. The Hall–Kier alpha value is -3.12. The number of alkyl halides is 2. The van der Waals surface area contributed by atoms with E-state index in [4.69, 9.17) is 0 Å². The van der Waals surface area contributed by atoms with Crippen molar-refractivity contribution in [3.05, 3.63) is 48.0 Å². The quantitative estimate of drug-likeness (QED) is 0.659. The van der Waals surface area contributed by atoms with Crippen LogP contribution in [0.4, 0.5) is 14.5 Å². The van der Waals surface area contributed by atoms with E-state index in [0.29, 0.717) is 33.4 Å². The number of aryl methyl sites for hydroxylation is 1. The van der Waals surface area contributed by atoms with E-state index in [0.717, 1.165) is 0 Å². The Kier molecular flexibility index (Phi) is 5.25. The SMILES string of the molecule is CCS(=O)(=O)Nc1ccc(-c2c(C#N)c3ccc(OC(F)F)cc3n2C)cc1.[HH]. The molecule has 1 N–H and O–H groups in total. The predicted octanol–water partition coefficient (Wildman–Crippen LogP) is 4.33. The molecule has 0 atom stereocenters. The normalized spacial score (nSPS) is 11.6. The van der Waals surface area contributed by atoms with Crippen LogP contribution in [0, 0.1) is 11.3 Å². The number of hydrogen-bond donors (Lipinski definition) is 1. The molecule has 0 aliphatic carbocycles. The minimum atomic E-state index is -3.39. The molecule has 0 fully saturated rings. The third-order valence-corrected chi connectivity index (χ3v) is 5.63. The van der Waals surface area contributed by atoms with Gasteiger partial charge in [0.15, 0.2) is 0 Å². The highest BCUT2D eigenvalue weighted by atomic mass is 32.2. The molecule has 0 aliphatic rings. The van der Waals surface area contributed by atoms with E-state index in [2.05, 4.69) is 15.5 Å². The molecule has 0 bridgehead atoms. The summed E-state index contributed by atoms with van der Waals surface area (Å²) in [5.74, 6) is -0.0389. The molecule has 0 saturated heterocycles. The van der Waals surface area contributed by atoms with Crippen molar-refractivity contribution in [3.8, 4) is 23.1 Å². The number of fused-ring (bicyclic) bond motifs is 1. The summed E-state index contributed by atoms with van der Waals surface area (Å²) in [6.45, 7) is -1.40. The summed E-state index contributed by atoms with van der Waals surface area (Å²) < 4.78 is 57.0. The smallest absolute Gasteiger partial charge is 0.387 e. The minimum absolute atomic E-state index is 0. The average Bonchev–Trinajstić information content (AvgIpc) is 2.93. The largest absolute Gasteiger partial charge is 0.435 e. The van der Waals surface area contributed by atoms with Crippen molar-refractivity contribution in [2.75, 3.05) is 10.5 Å². The molecule has 0 saturated carbocycles. The number of halogens is 2. The number of rotatable bonds is 6. The van der Waals surface area contributed by atoms with Gasteiger partial charge in [-0.25, -0.2) is 8.42 Å². The third kappa shape index (κ3) is 3.77. The van der Waals surface area contributed by atoms with Gasteiger partial charge in [-0.2, -0.15) is 14.0 Å². The van der Waals surface area contributed by atoms with Crippen molar-refractivity contribution in [1.29, 1.82) is 5.26 Å². The van der Waals surface area contributed by atoms with Crippen molar-refractivity contribution >= 4 is 26.6 Å². The van der Waals surface area contributed by atoms with Crippen molar-refractivity contribution in [2.45, 2.75) is 13.5 Å². The summed E-state index contributed by atoms with van der Waals surface area (Å²) >= 11 is 0. The molecule has 3 aromatic rings. The first-order chi connectivity index (χ1) is 13.3. The van der Waals surface area contributed by atoms with Gasteiger partial charge in [-0.15, -0.1) is 0 Å². The van der Waals surface area contributed by atoms with E-state index in [1.807, 2.05) is 0 Å². The zero-order valence-electron chi connectivity index (χ0n) is 15.1. The van der Waals surface area contributed by atoms with Crippen LogP contribution in [0.5, 0.6) is 5.75 Å². The second kappa shape index (κ2) is 7.48. The Morgan fingerprint density at radius 1 is 1.25 bits per heavy atom. The number of sulfonamides is 1. The van der Waals surface area contributed by atoms with Gasteiger partial charge in [0.05, 0.1) is 22.5 Å². The second-order valence-corrected chi connectivity index (χ2v) is 8.05. The molecule has 0 aliphatic heterocycles.